The van der Waals surface area contributed by atoms with Crippen LogP contribution >= 0.6 is 0 Å². The standard InChI is InChI=1S/C12H23N/c1-12(7-3-4-8-12)11-13-9-5-2-6-10-13/h2-11H2,1H3. The van der Waals surface area contributed by atoms with Gasteiger partial charge >= 0.3 is 0 Å². The van der Waals surface area contributed by atoms with Gasteiger partial charge < -0.3 is 4.90 Å². The zero-order chi connectivity index (χ0) is 9.15. The molecular weight excluding hydrogens is 158 g/mol. The molecule has 0 bridgehead atoms. The van der Waals surface area contributed by atoms with Crippen LogP contribution in [0.4, 0.5) is 0 Å². The Balaban J connectivity index is 1.81. The fraction of sp³-hybridized carbons (Fsp3) is 1.00. The van der Waals surface area contributed by atoms with Gasteiger partial charge in [0.1, 0.15) is 0 Å². The molecule has 0 N–H and O–H groups in total. The molecule has 76 valence electrons. The third-order valence-corrected chi connectivity index (χ3v) is 3.86. The Hall–Kier alpha value is -0.0400. The van der Waals surface area contributed by atoms with E-state index in [1.54, 1.807) is 0 Å². The molecule has 0 atom stereocenters. The second kappa shape index (κ2) is 4.00. The minimum atomic E-state index is 0.678. The van der Waals surface area contributed by atoms with Crippen molar-refractivity contribution >= 4 is 0 Å². The number of rotatable bonds is 2. The van der Waals surface area contributed by atoms with E-state index in [4.69, 9.17) is 0 Å². The van der Waals surface area contributed by atoms with Gasteiger partial charge in [-0.05, 0) is 44.2 Å². The van der Waals surface area contributed by atoms with E-state index >= 15 is 0 Å². The molecule has 0 aromatic heterocycles. The van der Waals surface area contributed by atoms with Gasteiger partial charge in [0.25, 0.3) is 0 Å². The molecule has 2 rings (SSSR count). The van der Waals surface area contributed by atoms with E-state index in [0.29, 0.717) is 5.41 Å². The summed E-state index contributed by atoms with van der Waals surface area (Å²) in [5.41, 5.74) is 0.678. The Morgan fingerprint density at radius 3 is 2.15 bits per heavy atom. The highest BCUT2D eigenvalue weighted by atomic mass is 15.1. The Kier molecular flexibility index (Phi) is 2.92. The summed E-state index contributed by atoms with van der Waals surface area (Å²) in [6.45, 7) is 6.62. The molecule has 1 nitrogen and oxygen atoms in total. The topological polar surface area (TPSA) is 3.24 Å². The van der Waals surface area contributed by atoms with Crippen molar-refractivity contribution in [1.82, 2.24) is 4.90 Å². The van der Waals surface area contributed by atoms with Gasteiger partial charge in [-0.2, -0.15) is 0 Å². The third-order valence-electron chi connectivity index (χ3n) is 3.86. The third kappa shape index (κ3) is 2.46. The predicted octanol–water partition coefficient (Wildman–Crippen LogP) is 3.05. The van der Waals surface area contributed by atoms with Crippen LogP contribution in [0.3, 0.4) is 0 Å². The molecule has 0 spiro atoms. The van der Waals surface area contributed by atoms with Crippen LogP contribution in [-0.2, 0) is 0 Å². The molecule has 0 aromatic rings. The first-order valence-corrected chi connectivity index (χ1v) is 6.01. The molecule has 1 aliphatic carbocycles. The summed E-state index contributed by atoms with van der Waals surface area (Å²) in [6.07, 6.45) is 10.3. The summed E-state index contributed by atoms with van der Waals surface area (Å²) in [5, 5.41) is 0. The lowest BCUT2D eigenvalue weighted by atomic mass is 9.87. The number of hydrogen-bond donors (Lipinski definition) is 0. The van der Waals surface area contributed by atoms with E-state index in [9.17, 15) is 0 Å². The molecule has 13 heavy (non-hydrogen) atoms. The van der Waals surface area contributed by atoms with Gasteiger partial charge in [0.2, 0.25) is 0 Å². The van der Waals surface area contributed by atoms with Gasteiger partial charge in [-0.25, -0.2) is 0 Å². The van der Waals surface area contributed by atoms with Crippen LogP contribution in [0.5, 0.6) is 0 Å². The Labute approximate surface area is 82.5 Å². The van der Waals surface area contributed by atoms with Crippen molar-refractivity contribution in [2.24, 2.45) is 5.41 Å². The zero-order valence-electron chi connectivity index (χ0n) is 9.02. The molecule has 1 saturated carbocycles. The largest absolute Gasteiger partial charge is 0.303 e. The van der Waals surface area contributed by atoms with Crippen molar-refractivity contribution in [3.05, 3.63) is 0 Å². The fourth-order valence-corrected chi connectivity index (χ4v) is 3.04. The molecule has 1 heterocycles. The first-order chi connectivity index (χ1) is 6.29. The predicted molar refractivity (Wildman–Crippen MR) is 56.9 cm³/mol. The summed E-state index contributed by atoms with van der Waals surface area (Å²) in [4.78, 5) is 2.70. The molecule has 1 saturated heterocycles. The van der Waals surface area contributed by atoms with Crippen LogP contribution < -0.4 is 0 Å². The maximum atomic E-state index is 2.70. The van der Waals surface area contributed by atoms with Crippen molar-refractivity contribution < 1.29 is 0 Å². The first kappa shape index (κ1) is 9.51. The van der Waals surface area contributed by atoms with Gasteiger partial charge in [-0.3, -0.25) is 0 Å². The molecule has 0 unspecified atom stereocenters. The van der Waals surface area contributed by atoms with E-state index in [1.165, 1.54) is 64.6 Å². The van der Waals surface area contributed by atoms with Crippen LogP contribution in [-0.4, -0.2) is 24.5 Å². The lowest BCUT2D eigenvalue weighted by molar-refractivity contribution is 0.144. The quantitative estimate of drug-likeness (QED) is 0.633. The minimum absolute atomic E-state index is 0.678. The van der Waals surface area contributed by atoms with Crippen LogP contribution in [0, 0.1) is 5.41 Å². The van der Waals surface area contributed by atoms with Crippen molar-refractivity contribution in [3.63, 3.8) is 0 Å². The van der Waals surface area contributed by atoms with E-state index in [-0.39, 0.29) is 0 Å². The summed E-state index contributed by atoms with van der Waals surface area (Å²) >= 11 is 0. The zero-order valence-corrected chi connectivity index (χ0v) is 9.02. The average molecular weight is 181 g/mol. The fourth-order valence-electron chi connectivity index (χ4n) is 3.04. The van der Waals surface area contributed by atoms with Gasteiger partial charge in [0.15, 0.2) is 0 Å². The smallest absolute Gasteiger partial charge is 0.00353 e. The second-order valence-corrected chi connectivity index (χ2v) is 5.35. The lowest BCUT2D eigenvalue weighted by Crippen LogP contribution is -2.37. The van der Waals surface area contributed by atoms with E-state index in [0.717, 1.165) is 0 Å². The Morgan fingerprint density at radius 1 is 0.923 bits per heavy atom. The molecule has 0 radical (unpaired) electrons. The van der Waals surface area contributed by atoms with Crippen molar-refractivity contribution in [2.75, 3.05) is 19.6 Å². The second-order valence-electron chi connectivity index (χ2n) is 5.35. The van der Waals surface area contributed by atoms with Crippen LogP contribution in [0.2, 0.25) is 0 Å². The molecular formula is C12H23N. The van der Waals surface area contributed by atoms with Crippen LogP contribution in [0.1, 0.15) is 51.9 Å². The molecule has 1 heteroatoms. The van der Waals surface area contributed by atoms with Gasteiger partial charge in [-0.15, -0.1) is 0 Å². The van der Waals surface area contributed by atoms with Crippen molar-refractivity contribution in [3.8, 4) is 0 Å². The highest BCUT2D eigenvalue weighted by molar-refractivity contribution is 4.84. The average Bonchev–Trinajstić information content (AvgIpc) is 2.54. The van der Waals surface area contributed by atoms with Gasteiger partial charge in [0, 0.05) is 6.54 Å². The Bertz CT molecular complexity index is 153. The SMILES string of the molecule is CC1(CN2CCCCC2)CCCC1. The maximum absolute atomic E-state index is 2.70. The van der Waals surface area contributed by atoms with Crippen molar-refractivity contribution in [1.29, 1.82) is 0 Å². The number of nitrogens with zero attached hydrogens (tertiary/aromatic N) is 1. The number of likely N-dealkylation sites (tertiary alicyclic amines) is 1. The first-order valence-electron chi connectivity index (χ1n) is 6.01. The highest BCUT2D eigenvalue weighted by Crippen LogP contribution is 2.38. The molecule has 2 aliphatic rings. The molecule has 0 aromatic carbocycles. The van der Waals surface area contributed by atoms with E-state index in [2.05, 4.69) is 11.8 Å². The molecule has 0 amide bonds. The van der Waals surface area contributed by atoms with Gasteiger partial charge in [-0.1, -0.05) is 26.2 Å². The lowest BCUT2D eigenvalue weighted by Gasteiger charge is -2.34. The highest BCUT2D eigenvalue weighted by Gasteiger charge is 2.30. The monoisotopic (exact) mass is 181 g/mol. The van der Waals surface area contributed by atoms with E-state index < -0.39 is 0 Å². The minimum Gasteiger partial charge on any atom is -0.303 e. The van der Waals surface area contributed by atoms with Crippen molar-refractivity contribution in [2.45, 2.75) is 51.9 Å². The van der Waals surface area contributed by atoms with E-state index in [1.807, 2.05) is 0 Å². The van der Waals surface area contributed by atoms with Crippen LogP contribution in [0.25, 0.3) is 0 Å². The number of piperidine rings is 1. The normalized spacial score (nSPS) is 29.3. The summed E-state index contributed by atoms with van der Waals surface area (Å²) < 4.78 is 0. The molecule has 2 fully saturated rings. The summed E-state index contributed by atoms with van der Waals surface area (Å²) in [5.74, 6) is 0. The Morgan fingerprint density at radius 2 is 1.54 bits per heavy atom. The summed E-state index contributed by atoms with van der Waals surface area (Å²) in [7, 11) is 0. The number of hydrogen-bond acceptors (Lipinski definition) is 1. The molecule has 1 aliphatic heterocycles. The van der Waals surface area contributed by atoms with Gasteiger partial charge in [0.05, 0.1) is 0 Å². The van der Waals surface area contributed by atoms with Crippen LogP contribution in [0.15, 0.2) is 0 Å². The summed E-state index contributed by atoms with van der Waals surface area (Å²) in [6, 6.07) is 0. The maximum Gasteiger partial charge on any atom is 0.00353 e.